The molecule has 28 heavy (non-hydrogen) atoms. The highest BCUT2D eigenvalue weighted by atomic mass is 35.5. The van der Waals surface area contributed by atoms with E-state index in [-0.39, 0.29) is 5.91 Å². The number of aromatic nitrogens is 3. The molecular formula is C20H19Cl2N5O. The molecule has 0 saturated heterocycles. The molecule has 0 unspecified atom stereocenters. The minimum Gasteiger partial charge on any atom is -0.321 e. The van der Waals surface area contributed by atoms with Crippen molar-refractivity contribution in [3.05, 3.63) is 74.5 Å². The van der Waals surface area contributed by atoms with Crippen LogP contribution >= 0.6 is 23.2 Å². The van der Waals surface area contributed by atoms with E-state index in [1.807, 2.05) is 31.2 Å². The van der Waals surface area contributed by atoms with Gasteiger partial charge in [0.25, 0.3) is 5.91 Å². The lowest BCUT2D eigenvalue weighted by molar-refractivity contribution is 0.102. The molecule has 0 saturated carbocycles. The summed E-state index contributed by atoms with van der Waals surface area (Å²) < 4.78 is 1.67. The number of carbonyl (C=O) groups is 1. The van der Waals surface area contributed by atoms with Crippen molar-refractivity contribution in [1.82, 2.24) is 20.3 Å². The Labute approximate surface area is 172 Å². The van der Waals surface area contributed by atoms with Gasteiger partial charge in [-0.1, -0.05) is 40.5 Å². The number of rotatable bonds is 4. The molecule has 1 aromatic heterocycles. The summed E-state index contributed by atoms with van der Waals surface area (Å²) in [7, 11) is 0. The summed E-state index contributed by atoms with van der Waals surface area (Å²) in [6.45, 7) is 4.10. The van der Waals surface area contributed by atoms with Gasteiger partial charge in [0, 0.05) is 12.2 Å². The van der Waals surface area contributed by atoms with Crippen molar-refractivity contribution in [2.24, 2.45) is 0 Å². The Morgan fingerprint density at radius 2 is 2.04 bits per heavy atom. The van der Waals surface area contributed by atoms with Crippen LogP contribution < -0.4 is 10.6 Å². The predicted octanol–water partition coefficient (Wildman–Crippen LogP) is 3.84. The molecule has 0 radical (unpaired) electrons. The van der Waals surface area contributed by atoms with Crippen LogP contribution in [-0.2, 0) is 19.5 Å². The fourth-order valence-electron chi connectivity index (χ4n) is 3.28. The molecule has 0 spiro atoms. The highest BCUT2D eigenvalue weighted by molar-refractivity contribution is 6.42. The first-order chi connectivity index (χ1) is 13.5. The number of anilines is 1. The molecule has 0 fully saturated rings. The zero-order valence-electron chi connectivity index (χ0n) is 15.3. The van der Waals surface area contributed by atoms with Gasteiger partial charge in [0.15, 0.2) is 5.69 Å². The Bertz CT molecular complexity index is 1050. The number of benzene rings is 2. The van der Waals surface area contributed by atoms with Gasteiger partial charge in [-0.2, -0.15) is 0 Å². The topological polar surface area (TPSA) is 71.8 Å². The molecular weight excluding hydrogens is 397 g/mol. The third kappa shape index (κ3) is 3.90. The van der Waals surface area contributed by atoms with Gasteiger partial charge in [0.1, 0.15) is 0 Å². The van der Waals surface area contributed by atoms with Crippen LogP contribution in [0, 0.1) is 6.92 Å². The standard InChI is InChI=1S/C20H19Cl2N5O/c1-12-19(25-26-27(12)11-13-2-5-17(21)18(22)8-13)20(28)24-16-4-3-15-10-23-7-6-14(15)9-16/h2-5,8-9,23H,6-7,10-11H2,1H3,(H,24,28). The Morgan fingerprint density at radius 1 is 1.18 bits per heavy atom. The van der Waals surface area contributed by atoms with E-state index in [1.54, 1.807) is 16.8 Å². The molecule has 0 atom stereocenters. The number of halogens is 2. The fourth-order valence-corrected chi connectivity index (χ4v) is 3.60. The average molecular weight is 416 g/mol. The van der Waals surface area contributed by atoms with Crippen LogP contribution in [0.4, 0.5) is 5.69 Å². The minimum atomic E-state index is -0.272. The smallest absolute Gasteiger partial charge is 0.278 e. The van der Waals surface area contributed by atoms with Crippen LogP contribution in [0.2, 0.25) is 10.0 Å². The molecule has 2 N–H and O–H groups in total. The number of nitrogens with zero attached hydrogens (tertiary/aromatic N) is 3. The van der Waals surface area contributed by atoms with E-state index in [9.17, 15) is 4.79 Å². The van der Waals surface area contributed by atoms with Crippen LogP contribution in [0.5, 0.6) is 0 Å². The summed E-state index contributed by atoms with van der Waals surface area (Å²) in [6, 6.07) is 11.4. The van der Waals surface area contributed by atoms with E-state index in [2.05, 4.69) is 20.9 Å². The van der Waals surface area contributed by atoms with E-state index in [0.29, 0.717) is 28.0 Å². The molecule has 3 aromatic rings. The number of carbonyl (C=O) groups excluding carboxylic acids is 1. The van der Waals surface area contributed by atoms with Crippen LogP contribution in [0.15, 0.2) is 36.4 Å². The second kappa shape index (κ2) is 7.91. The highest BCUT2D eigenvalue weighted by Crippen LogP contribution is 2.23. The second-order valence-corrected chi connectivity index (χ2v) is 7.61. The van der Waals surface area contributed by atoms with E-state index in [1.165, 1.54) is 11.1 Å². The fraction of sp³-hybridized carbons (Fsp3) is 0.250. The molecule has 0 aliphatic carbocycles. The Balaban J connectivity index is 1.50. The zero-order valence-corrected chi connectivity index (χ0v) is 16.8. The molecule has 2 heterocycles. The molecule has 8 heteroatoms. The van der Waals surface area contributed by atoms with E-state index >= 15 is 0 Å². The first kappa shape index (κ1) is 18.9. The lowest BCUT2D eigenvalue weighted by Gasteiger charge is -2.18. The zero-order chi connectivity index (χ0) is 19.7. The Morgan fingerprint density at radius 3 is 2.86 bits per heavy atom. The van der Waals surface area contributed by atoms with Crippen LogP contribution in [0.1, 0.15) is 32.9 Å². The van der Waals surface area contributed by atoms with Gasteiger partial charge < -0.3 is 10.6 Å². The van der Waals surface area contributed by atoms with Gasteiger partial charge in [-0.3, -0.25) is 4.79 Å². The molecule has 2 aromatic carbocycles. The molecule has 1 amide bonds. The van der Waals surface area contributed by atoms with Crippen molar-refractivity contribution in [3.63, 3.8) is 0 Å². The van der Waals surface area contributed by atoms with Gasteiger partial charge in [0.2, 0.25) is 0 Å². The summed E-state index contributed by atoms with van der Waals surface area (Å²) in [6.07, 6.45) is 0.956. The molecule has 144 valence electrons. The maximum absolute atomic E-state index is 12.7. The number of fused-ring (bicyclic) bond motifs is 1. The molecule has 1 aliphatic rings. The highest BCUT2D eigenvalue weighted by Gasteiger charge is 2.18. The largest absolute Gasteiger partial charge is 0.321 e. The molecule has 6 nitrogen and oxygen atoms in total. The van der Waals surface area contributed by atoms with Crippen molar-refractivity contribution in [2.45, 2.75) is 26.4 Å². The van der Waals surface area contributed by atoms with E-state index in [4.69, 9.17) is 23.2 Å². The predicted molar refractivity (Wildman–Crippen MR) is 110 cm³/mol. The normalized spacial score (nSPS) is 13.2. The summed E-state index contributed by atoms with van der Waals surface area (Å²) in [5.41, 5.74) is 5.22. The van der Waals surface area contributed by atoms with E-state index < -0.39 is 0 Å². The van der Waals surface area contributed by atoms with Gasteiger partial charge >= 0.3 is 0 Å². The summed E-state index contributed by atoms with van der Waals surface area (Å²) >= 11 is 12.0. The lowest BCUT2D eigenvalue weighted by Crippen LogP contribution is -2.23. The van der Waals surface area contributed by atoms with Crippen molar-refractivity contribution in [1.29, 1.82) is 0 Å². The monoisotopic (exact) mass is 415 g/mol. The van der Waals surface area contributed by atoms with Crippen molar-refractivity contribution in [2.75, 3.05) is 11.9 Å². The maximum Gasteiger partial charge on any atom is 0.278 e. The Kier molecular flexibility index (Phi) is 5.35. The van der Waals surface area contributed by atoms with Gasteiger partial charge in [-0.05, 0) is 60.8 Å². The summed E-state index contributed by atoms with van der Waals surface area (Å²) in [4.78, 5) is 12.7. The van der Waals surface area contributed by atoms with Crippen LogP contribution in [0.3, 0.4) is 0 Å². The van der Waals surface area contributed by atoms with Crippen LogP contribution in [-0.4, -0.2) is 27.4 Å². The molecule has 4 rings (SSSR count). The Hall–Kier alpha value is -2.41. The van der Waals surface area contributed by atoms with E-state index in [0.717, 1.165) is 30.8 Å². The van der Waals surface area contributed by atoms with Crippen molar-refractivity contribution in [3.8, 4) is 0 Å². The second-order valence-electron chi connectivity index (χ2n) is 6.79. The SMILES string of the molecule is Cc1c(C(=O)Nc2ccc3c(c2)CCNC3)nnn1Cc1ccc(Cl)c(Cl)c1. The molecule has 0 bridgehead atoms. The third-order valence-corrected chi connectivity index (χ3v) is 5.60. The maximum atomic E-state index is 12.7. The average Bonchev–Trinajstić information content (AvgIpc) is 3.05. The van der Waals surface area contributed by atoms with Crippen molar-refractivity contribution >= 4 is 34.8 Å². The number of amides is 1. The van der Waals surface area contributed by atoms with Crippen molar-refractivity contribution < 1.29 is 4.79 Å². The first-order valence-electron chi connectivity index (χ1n) is 8.99. The minimum absolute atomic E-state index is 0.272. The molecule has 1 aliphatic heterocycles. The summed E-state index contributed by atoms with van der Waals surface area (Å²) in [5, 5.41) is 15.4. The van der Waals surface area contributed by atoms with Gasteiger partial charge in [-0.15, -0.1) is 5.10 Å². The van der Waals surface area contributed by atoms with Gasteiger partial charge in [-0.25, -0.2) is 4.68 Å². The lowest BCUT2D eigenvalue weighted by atomic mass is 10.0. The van der Waals surface area contributed by atoms with Gasteiger partial charge in [0.05, 0.1) is 22.3 Å². The quantitative estimate of drug-likeness (QED) is 0.678. The number of hydrogen-bond donors (Lipinski definition) is 2. The number of nitrogens with one attached hydrogen (secondary N) is 2. The number of hydrogen-bond acceptors (Lipinski definition) is 4. The third-order valence-electron chi connectivity index (χ3n) is 4.86. The summed E-state index contributed by atoms with van der Waals surface area (Å²) in [5.74, 6) is -0.272. The first-order valence-corrected chi connectivity index (χ1v) is 9.75. The van der Waals surface area contributed by atoms with Crippen LogP contribution in [0.25, 0.3) is 0 Å².